The Kier molecular flexibility index (Phi) is 4.10. The molecule has 5 aromatic rings. The molecule has 0 saturated heterocycles. The van der Waals surface area contributed by atoms with E-state index in [0.29, 0.717) is 28.6 Å². The van der Waals surface area contributed by atoms with Crippen molar-refractivity contribution in [2.45, 2.75) is 6.92 Å². The van der Waals surface area contributed by atoms with Crippen LogP contribution in [0.15, 0.2) is 71.1 Å². The first-order valence-corrected chi connectivity index (χ1v) is 9.23. The third-order valence-electron chi connectivity index (χ3n) is 4.89. The Balaban J connectivity index is 1.60. The lowest BCUT2D eigenvalue weighted by molar-refractivity contribution is -0.384. The Morgan fingerprint density at radius 1 is 0.900 bits per heavy atom. The summed E-state index contributed by atoms with van der Waals surface area (Å²) in [6.07, 6.45) is 0. The van der Waals surface area contributed by atoms with Crippen molar-refractivity contribution in [3.05, 3.63) is 82.4 Å². The van der Waals surface area contributed by atoms with Gasteiger partial charge in [-0.05, 0) is 30.7 Å². The summed E-state index contributed by atoms with van der Waals surface area (Å²) in [4.78, 5) is 18.4. The highest BCUT2D eigenvalue weighted by Gasteiger charge is 2.18. The number of rotatable bonds is 4. The fraction of sp³-hybridized carbons (Fsp3) is 0.0455. The molecule has 0 atom stereocenters. The van der Waals surface area contributed by atoms with Gasteiger partial charge in [-0.2, -0.15) is 0 Å². The van der Waals surface area contributed by atoms with E-state index < -0.39 is 4.92 Å². The van der Waals surface area contributed by atoms with Gasteiger partial charge in [-0.15, -0.1) is 10.2 Å². The summed E-state index contributed by atoms with van der Waals surface area (Å²) in [6.45, 7) is 1.99. The molecule has 8 nitrogen and oxygen atoms in total. The third-order valence-corrected chi connectivity index (χ3v) is 4.89. The average molecular weight is 397 g/mol. The number of non-ortho nitro benzene ring substituents is 1. The molecule has 1 N–H and O–H groups in total. The summed E-state index contributed by atoms with van der Waals surface area (Å²) in [7, 11) is 0. The van der Waals surface area contributed by atoms with Gasteiger partial charge in [0.05, 0.1) is 16.0 Å². The van der Waals surface area contributed by atoms with Crippen molar-refractivity contribution in [1.82, 2.24) is 20.2 Å². The number of fused-ring (bicyclic) bond motifs is 1. The van der Waals surface area contributed by atoms with Crippen molar-refractivity contribution in [2.75, 3.05) is 0 Å². The summed E-state index contributed by atoms with van der Waals surface area (Å²) in [6, 6.07) is 19.9. The number of nitrogens with one attached hydrogen (secondary N) is 1. The van der Waals surface area contributed by atoms with Gasteiger partial charge < -0.3 is 9.40 Å². The highest BCUT2D eigenvalue weighted by molar-refractivity contribution is 5.85. The maximum atomic E-state index is 11.0. The summed E-state index contributed by atoms with van der Waals surface area (Å²) in [5.74, 6) is 1.38. The van der Waals surface area contributed by atoms with Crippen LogP contribution in [0.5, 0.6) is 0 Å². The number of benzene rings is 3. The van der Waals surface area contributed by atoms with Crippen molar-refractivity contribution in [1.29, 1.82) is 0 Å². The van der Waals surface area contributed by atoms with Crippen LogP contribution < -0.4 is 0 Å². The highest BCUT2D eigenvalue weighted by atomic mass is 16.6. The quantitative estimate of drug-likeness (QED) is 0.331. The van der Waals surface area contributed by atoms with Crippen molar-refractivity contribution >= 4 is 16.7 Å². The van der Waals surface area contributed by atoms with Crippen LogP contribution in [-0.4, -0.2) is 25.1 Å². The molecule has 0 bridgehead atoms. The number of nitro groups is 1. The van der Waals surface area contributed by atoms with Gasteiger partial charge in [0.2, 0.25) is 11.8 Å². The second kappa shape index (κ2) is 6.93. The molecule has 0 aliphatic rings. The van der Waals surface area contributed by atoms with Gasteiger partial charge in [0, 0.05) is 28.8 Å². The van der Waals surface area contributed by atoms with E-state index in [1.165, 1.54) is 12.1 Å². The van der Waals surface area contributed by atoms with Crippen molar-refractivity contribution in [2.24, 2.45) is 0 Å². The van der Waals surface area contributed by atoms with E-state index >= 15 is 0 Å². The summed E-state index contributed by atoms with van der Waals surface area (Å²) < 4.78 is 5.97. The molecule has 0 radical (unpaired) electrons. The summed E-state index contributed by atoms with van der Waals surface area (Å²) >= 11 is 0. The van der Waals surface area contributed by atoms with Crippen LogP contribution in [-0.2, 0) is 0 Å². The molecule has 0 spiro atoms. The molecule has 0 saturated carbocycles. The van der Waals surface area contributed by atoms with Crippen LogP contribution in [0.1, 0.15) is 5.56 Å². The van der Waals surface area contributed by atoms with E-state index in [0.717, 1.165) is 22.3 Å². The molecule has 30 heavy (non-hydrogen) atoms. The smallest absolute Gasteiger partial charge is 0.271 e. The normalized spacial score (nSPS) is 11.1. The zero-order chi connectivity index (χ0) is 20.7. The molecule has 8 heteroatoms. The van der Waals surface area contributed by atoms with Gasteiger partial charge in [0.25, 0.3) is 5.69 Å². The minimum absolute atomic E-state index is 0.00533. The number of imidazole rings is 1. The van der Waals surface area contributed by atoms with Gasteiger partial charge in [0.15, 0.2) is 0 Å². The molecule has 2 aromatic heterocycles. The van der Waals surface area contributed by atoms with E-state index in [1.807, 2.05) is 55.5 Å². The standard InChI is InChI=1S/C22H15N5O3/c1-13-6-2-3-7-15(13)21-25-26-22(30-21)17-9-5-4-8-16(17)20-23-18-11-10-14(27(28)29)12-19(18)24-20/h2-12H,1H3,(H,23,24). The molecule has 5 rings (SSSR count). The number of H-pyrrole nitrogens is 1. The van der Waals surface area contributed by atoms with Crippen LogP contribution in [0.4, 0.5) is 5.69 Å². The molecule has 3 aromatic carbocycles. The van der Waals surface area contributed by atoms with E-state index in [9.17, 15) is 10.1 Å². The van der Waals surface area contributed by atoms with Crippen LogP contribution in [0, 0.1) is 17.0 Å². The number of hydrogen-bond acceptors (Lipinski definition) is 6. The van der Waals surface area contributed by atoms with E-state index in [4.69, 9.17) is 4.42 Å². The average Bonchev–Trinajstić information content (AvgIpc) is 3.41. The van der Waals surface area contributed by atoms with Crippen molar-refractivity contribution in [3.8, 4) is 34.3 Å². The minimum atomic E-state index is -0.431. The Morgan fingerprint density at radius 2 is 1.57 bits per heavy atom. The predicted octanol–water partition coefficient (Wildman–Crippen LogP) is 5.16. The highest BCUT2D eigenvalue weighted by Crippen LogP contribution is 2.33. The molecular weight excluding hydrogens is 382 g/mol. The van der Waals surface area contributed by atoms with Crippen LogP contribution >= 0.6 is 0 Å². The van der Waals surface area contributed by atoms with E-state index in [2.05, 4.69) is 20.2 Å². The SMILES string of the molecule is Cc1ccccc1-c1nnc(-c2ccccc2-c2nc3ccc([N+](=O)[O-])cc3[nH]2)o1. The lowest BCUT2D eigenvalue weighted by atomic mass is 10.1. The number of aromatic amines is 1. The lowest BCUT2D eigenvalue weighted by Crippen LogP contribution is -1.87. The number of aromatic nitrogens is 4. The first-order valence-electron chi connectivity index (χ1n) is 9.23. The zero-order valence-corrected chi connectivity index (χ0v) is 15.9. The third kappa shape index (κ3) is 3.00. The van der Waals surface area contributed by atoms with Crippen LogP contribution in [0.3, 0.4) is 0 Å². The van der Waals surface area contributed by atoms with Crippen LogP contribution in [0.2, 0.25) is 0 Å². The molecule has 0 unspecified atom stereocenters. The number of nitrogens with zero attached hydrogens (tertiary/aromatic N) is 4. The zero-order valence-electron chi connectivity index (χ0n) is 15.9. The van der Waals surface area contributed by atoms with E-state index in [-0.39, 0.29) is 5.69 Å². The van der Waals surface area contributed by atoms with Gasteiger partial charge in [0.1, 0.15) is 5.82 Å². The second-order valence-corrected chi connectivity index (χ2v) is 6.82. The van der Waals surface area contributed by atoms with Gasteiger partial charge in [-0.25, -0.2) is 4.98 Å². The molecule has 146 valence electrons. The fourth-order valence-electron chi connectivity index (χ4n) is 3.37. The topological polar surface area (TPSA) is 111 Å². The molecule has 0 aliphatic heterocycles. The Hall–Kier alpha value is -4.33. The Labute approximate surface area is 170 Å². The van der Waals surface area contributed by atoms with Gasteiger partial charge in [-0.3, -0.25) is 10.1 Å². The molecular formula is C22H15N5O3. The van der Waals surface area contributed by atoms with Gasteiger partial charge in [-0.1, -0.05) is 36.4 Å². The second-order valence-electron chi connectivity index (χ2n) is 6.82. The number of nitro benzene ring substituents is 1. The van der Waals surface area contributed by atoms with Gasteiger partial charge >= 0.3 is 0 Å². The molecule has 2 heterocycles. The summed E-state index contributed by atoms with van der Waals surface area (Å²) in [5.41, 5.74) is 4.63. The maximum Gasteiger partial charge on any atom is 0.271 e. The Morgan fingerprint density at radius 3 is 2.30 bits per heavy atom. The van der Waals surface area contributed by atoms with Crippen molar-refractivity contribution < 1.29 is 9.34 Å². The number of hydrogen-bond donors (Lipinski definition) is 1. The predicted molar refractivity (Wildman–Crippen MR) is 112 cm³/mol. The summed E-state index contributed by atoms with van der Waals surface area (Å²) in [5, 5.41) is 19.5. The first kappa shape index (κ1) is 17.7. The Bertz CT molecular complexity index is 1400. The first-order chi connectivity index (χ1) is 14.6. The largest absolute Gasteiger partial charge is 0.416 e. The molecule has 0 amide bonds. The lowest BCUT2D eigenvalue weighted by Gasteiger charge is -2.03. The molecule has 0 fully saturated rings. The van der Waals surface area contributed by atoms with Crippen LogP contribution in [0.25, 0.3) is 45.3 Å². The number of aryl methyl sites for hydroxylation is 1. The van der Waals surface area contributed by atoms with Crippen molar-refractivity contribution in [3.63, 3.8) is 0 Å². The maximum absolute atomic E-state index is 11.0. The minimum Gasteiger partial charge on any atom is -0.416 e. The monoisotopic (exact) mass is 397 g/mol. The molecule has 0 aliphatic carbocycles. The van der Waals surface area contributed by atoms with E-state index in [1.54, 1.807) is 6.07 Å². The fourth-order valence-corrected chi connectivity index (χ4v) is 3.37.